The molecule has 3 nitrogen and oxygen atoms in total. The smallest absolute Gasteiger partial charge is 0.169 e. The van der Waals surface area contributed by atoms with Crippen molar-refractivity contribution >= 4 is 11.3 Å². The molecule has 0 amide bonds. The molecule has 0 radical (unpaired) electrons. The molecule has 0 atom stereocenters. The second kappa shape index (κ2) is 3.86. The summed E-state index contributed by atoms with van der Waals surface area (Å²) in [5, 5.41) is 2.01. The van der Waals surface area contributed by atoms with Crippen molar-refractivity contribution in [1.29, 1.82) is 0 Å². The molecule has 2 heterocycles. The van der Waals surface area contributed by atoms with Crippen molar-refractivity contribution in [2.24, 2.45) is 5.73 Å². The molecule has 2 aromatic rings. The van der Waals surface area contributed by atoms with Crippen LogP contribution in [0, 0.1) is 6.92 Å². The Kier molecular flexibility index (Phi) is 2.56. The molecule has 0 aromatic carbocycles. The fourth-order valence-electron chi connectivity index (χ4n) is 1.21. The van der Waals surface area contributed by atoms with E-state index < -0.39 is 0 Å². The molecule has 2 N–H and O–H groups in total. The zero-order chi connectivity index (χ0) is 9.97. The number of nitrogens with two attached hydrogens (primary N) is 1. The third-order valence-electron chi connectivity index (χ3n) is 2.01. The zero-order valence-electron chi connectivity index (χ0n) is 7.90. The van der Waals surface area contributed by atoms with Crippen LogP contribution in [0.25, 0.3) is 10.7 Å². The van der Waals surface area contributed by atoms with Crippen LogP contribution in [0.4, 0.5) is 0 Å². The van der Waals surface area contributed by atoms with Crippen molar-refractivity contribution in [1.82, 2.24) is 9.97 Å². The van der Waals surface area contributed by atoms with Gasteiger partial charge in [-0.15, -0.1) is 11.3 Å². The van der Waals surface area contributed by atoms with E-state index in [2.05, 4.69) is 9.97 Å². The highest BCUT2D eigenvalue weighted by atomic mass is 32.1. The van der Waals surface area contributed by atoms with Gasteiger partial charge >= 0.3 is 0 Å². The summed E-state index contributed by atoms with van der Waals surface area (Å²) in [6.07, 6.45) is 1.82. The molecule has 0 aliphatic rings. The highest BCUT2D eigenvalue weighted by Crippen LogP contribution is 2.21. The lowest BCUT2D eigenvalue weighted by atomic mass is 10.2. The van der Waals surface area contributed by atoms with Gasteiger partial charge in [0.05, 0.1) is 10.6 Å². The monoisotopic (exact) mass is 205 g/mol. The average Bonchev–Trinajstić information content (AvgIpc) is 2.71. The van der Waals surface area contributed by atoms with Gasteiger partial charge in [-0.05, 0) is 23.9 Å². The maximum Gasteiger partial charge on any atom is 0.169 e. The Bertz CT molecular complexity index is 423. The maximum absolute atomic E-state index is 5.59. The minimum atomic E-state index is 0.465. The van der Waals surface area contributed by atoms with Crippen LogP contribution in [0.1, 0.15) is 11.3 Å². The van der Waals surface area contributed by atoms with Gasteiger partial charge in [0.15, 0.2) is 5.82 Å². The number of aromatic nitrogens is 2. The number of rotatable bonds is 2. The van der Waals surface area contributed by atoms with Gasteiger partial charge < -0.3 is 5.73 Å². The van der Waals surface area contributed by atoms with E-state index in [1.54, 1.807) is 11.3 Å². The van der Waals surface area contributed by atoms with Crippen molar-refractivity contribution in [3.05, 3.63) is 35.0 Å². The van der Waals surface area contributed by atoms with Gasteiger partial charge in [-0.1, -0.05) is 6.07 Å². The van der Waals surface area contributed by atoms with Crippen molar-refractivity contribution in [3.63, 3.8) is 0 Å². The molecule has 72 valence electrons. The highest BCUT2D eigenvalue weighted by Gasteiger charge is 2.04. The number of hydrogen-bond donors (Lipinski definition) is 1. The lowest BCUT2D eigenvalue weighted by Crippen LogP contribution is -2.04. The van der Waals surface area contributed by atoms with Crippen molar-refractivity contribution in [2.75, 3.05) is 0 Å². The molecule has 4 heteroatoms. The molecule has 2 aromatic heterocycles. The molecule has 0 spiro atoms. The Hall–Kier alpha value is -1.26. The van der Waals surface area contributed by atoms with Crippen LogP contribution in [-0.2, 0) is 6.54 Å². The summed E-state index contributed by atoms with van der Waals surface area (Å²) in [4.78, 5) is 9.76. The average molecular weight is 205 g/mol. The molecule has 0 fully saturated rings. The summed E-state index contributed by atoms with van der Waals surface area (Å²) in [6.45, 7) is 2.44. The van der Waals surface area contributed by atoms with Crippen LogP contribution < -0.4 is 5.73 Å². The fourth-order valence-corrected chi connectivity index (χ4v) is 1.87. The molecule has 0 aliphatic carbocycles. The molecule has 2 rings (SSSR count). The normalized spacial score (nSPS) is 10.4. The van der Waals surface area contributed by atoms with Gasteiger partial charge in [-0.25, -0.2) is 9.97 Å². The lowest BCUT2D eigenvalue weighted by Gasteiger charge is -2.02. The molecular formula is C10H11N3S. The summed E-state index contributed by atoms with van der Waals surface area (Å²) >= 11 is 1.64. The molecule has 0 aliphatic heterocycles. The second-order valence-electron chi connectivity index (χ2n) is 3.00. The number of nitrogens with zero attached hydrogens (tertiary/aromatic N) is 2. The van der Waals surface area contributed by atoms with E-state index in [1.165, 1.54) is 0 Å². The Morgan fingerprint density at radius 1 is 1.50 bits per heavy atom. The molecule has 14 heavy (non-hydrogen) atoms. The fraction of sp³-hybridized carbons (Fsp3) is 0.200. The third-order valence-corrected chi connectivity index (χ3v) is 2.88. The quantitative estimate of drug-likeness (QED) is 0.815. The summed E-state index contributed by atoms with van der Waals surface area (Å²) in [5.41, 5.74) is 7.55. The Labute approximate surface area is 86.6 Å². The van der Waals surface area contributed by atoms with Gasteiger partial charge in [0, 0.05) is 12.7 Å². The van der Waals surface area contributed by atoms with Crippen LogP contribution in [0.15, 0.2) is 23.7 Å². The highest BCUT2D eigenvalue weighted by molar-refractivity contribution is 7.13. The predicted molar refractivity (Wildman–Crippen MR) is 58.0 cm³/mol. The van der Waals surface area contributed by atoms with Crippen LogP contribution in [-0.4, -0.2) is 9.97 Å². The standard InChI is InChI=1S/C10H11N3S/c1-7-6-12-10(13-8(7)5-11)9-3-2-4-14-9/h2-4,6H,5,11H2,1H3. The van der Waals surface area contributed by atoms with E-state index in [-0.39, 0.29) is 0 Å². The maximum atomic E-state index is 5.59. The van der Waals surface area contributed by atoms with Crippen molar-refractivity contribution < 1.29 is 0 Å². The Morgan fingerprint density at radius 2 is 2.36 bits per heavy atom. The van der Waals surface area contributed by atoms with E-state index in [0.717, 1.165) is 22.0 Å². The van der Waals surface area contributed by atoms with Crippen LogP contribution in [0.3, 0.4) is 0 Å². The molecule has 0 saturated heterocycles. The minimum absolute atomic E-state index is 0.465. The topological polar surface area (TPSA) is 51.8 Å². The number of thiophene rings is 1. The molecule has 0 unspecified atom stereocenters. The minimum Gasteiger partial charge on any atom is -0.325 e. The lowest BCUT2D eigenvalue weighted by molar-refractivity contribution is 0.947. The van der Waals surface area contributed by atoms with Crippen LogP contribution in [0.5, 0.6) is 0 Å². The third kappa shape index (κ3) is 1.66. The first kappa shape index (κ1) is 9.30. The molecule has 0 saturated carbocycles. The Balaban J connectivity index is 2.46. The Morgan fingerprint density at radius 3 is 3.00 bits per heavy atom. The van der Waals surface area contributed by atoms with E-state index in [9.17, 15) is 0 Å². The van der Waals surface area contributed by atoms with Gasteiger partial charge in [0.1, 0.15) is 0 Å². The summed E-state index contributed by atoms with van der Waals surface area (Å²) in [6, 6.07) is 4.00. The van der Waals surface area contributed by atoms with Gasteiger partial charge in [0.25, 0.3) is 0 Å². The van der Waals surface area contributed by atoms with Gasteiger partial charge in [0.2, 0.25) is 0 Å². The first-order valence-corrected chi connectivity index (χ1v) is 5.25. The van der Waals surface area contributed by atoms with E-state index >= 15 is 0 Å². The summed E-state index contributed by atoms with van der Waals surface area (Å²) in [7, 11) is 0. The van der Waals surface area contributed by atoms with Crippen LogP contribution >= 0.6 is 11.3 Å². The zero-order valence-corrected chi connectivity index (χ0v) is 8.71. The van der Waals surface area contributed by atoms with Gasteiger partial charge in [-0.3, -0.25) is 0 Å². The second-order valence-corrected chi connectivity index (χ2v) is 3.95. The summed E-state index contributed by atoms with van der Waals surface area (Å²) < 4.78 is 0. The first-order valence-electron chi connectivity index (χ1n) is 4.37. The van der Waals surface area contributed by atoms with Crippen LogP contribution in [0.2, 0.25) is 0 Å². The number of hydrogen-bond acceptors (Lipinski definition) is 4. The van der Waals surface area contributed by atoms with E-state index in [1.807, 2.05) is 30.6 Å². The number of aryl methyl sites for hydroxylation is 1. The van der Waals surface area contributed by atoms with Crippen molar-refractivity contribution in [3.8, 4) is 10.7 Å². The molecule has 0 bridgehead atoms. The van der Waals surface area contributed by atoms with E-state index in [4.69, 9.17) is 5.73 Å². The largest absolute Gasteiger partial charge is 0.325 e. The SMILES string of the molecule is Cc1cnc(-c2cccs2)nc1CN. The van der Waals surface area contributed by atoms with Crippen molar-refractivity contribution in [2.45, 2.75) is 13.5 Å². The molecular weight excluding hydrogens is 194 g/mol. The predicted octanol–water partition coefficient (Wildman–Crippen LogP) is 1.97. The van der Waals surface area contributed by atoms with Gasteiger partial charge in [-0.2, -0.15) is 0 Å². The van der Waals surface area contributed by atoms with E-state index in [0.29, 0.717) is 6.54 Å². The summed E-state index contributed by atoms with van der Waals surface area (Å²) in [5.74, 6) is 0.769. The first-order chi connectivity index (χ1) is 6.81.